The largest absolute Gasteiger partial charge is 0.315 e. The highest BCUT2D eigenvalue weighted by Gasteiger charge is 2.33. The topological polar surface area (TPSA) is 83.6 Å². The molecule has 0 aromatic heterocycles. The van der Waals surface area contributed by atoms with Gasteiger partial charge in [-0.3, -0.25) is 9.22 Å². The fourth-order valence-electron chi connectivity index (χ4n) is 2.87. The van der Waals surface area contributed by atoms with Gasteiger partial charge in [0.05, 0.1) is 6.17 Å². The first-order valence-electron chi connectivity index (χ1n) is 7.42. The number of hydrogen-bond donors (Lipinski definition) is 2. The van der Waals surface area contributed by atoms with Gasteiger partial charge >= 0.3 is 0 Å². The Bertz CT molecular complexity index is 783. The van der Waals surface area contributed by atoms with Gasteiger partial charge in [0.2, 0.25) is 0 Å². The van der Waals surface area contributed by atoms with E-state index in [9.17, 15) is 13.0 Å². The molecule has 1 saturated heterocycles. The molecular formula is C16H19N2O3PS. The lowest BCUT2D eigenvalue weighted by Gasteiger charge is -2.32. The van der Waals surface area contributed by atoms with E-state index in [1.165, 1.54) is 6.07 Å². The van der Waals surface area contributed by atoms with E-state index in [0.717, 1.165) is 24.7 Å². The van der Waals surface area contributed by atoms with Crippen molar-refractivity contribution in [2.24, 2.45) is 5.73 Å². The van der Waals surface area contributed by atoms with E-state index in [4.69, 9.17) is 5.73 Å². The van der Waals surface area contributed by atoms with E-state index in [2.05, 4.69) is 4.67 Å². The van der Waals surface area contributed by atoms with Crippen LogP contribution in [0.4, 0.5) is 0 Å². The first-order chi connectivity index (χ1) is 11.0. The average molecular weight is 350 g/mol. The van der Waals surface area contributed by atoms with E-state index in [-0.39, 0.29) is 11.1 Å². The summed E-state index contributed by atoms with van der Waals surface area (Å²) >= 11 is 0. The van der Waals surface area contributed by atoms with Gasteiger partial charge in [0.25, 0.3) is 10.1 Å². The summed E-state index contributed by atoms with van der Waals surface area (Å²) in [5.41, 5.74) is 6.24. The van der Waals surface area contributed by atoms with Crippen LogP contribution in [-0.2, 0) is 10.1 Å². The minimum absolute atomic E-state index is 0.0333. The third-order valence-corrected chi connectivity index (χ3v) is 7.61. The lowest BCUT2D eigenvalue weighted by atomic mass is 10.3. The molecule has 23 heavy (non-hydrogen) atoms. The van der Waals surface area contributed by atoms with Crippen LogP contribution in [0.1, 0.15) is 12.8 Å². The molecule has 1 aliphatic rings. The van der Waals surface area contributed by atoms with Crippen LogP contribution in [0.5, 0.6) is 0 Å². The molecule has 2 aromatic carbocycles. The lowest BCUT2D eigenvalue weighted by Crippen LogP contribution is -2.38. The Labute approximate surface area is 137 Å². The number of nitrogens with two attached hydrogens (primary N) is 1. The van der Waals surface area contributed by atoms with Crippen LogP contribution < -0.4 is 16.3 Å². The summed E-state index contributed by atoms with van der Waals surface area (Å²) in [6.07, 6.45) is 1.77. The molecule has 3 N–H and O–H groups in total. The molecule has 3 rings (SSSR count). The van der Waals surface area contributed by atoms with E-state index < -0.39 is 18.2 Å². The summed E-state index contributed by atoms with van der Waals surface area (Å²) in [5.74, 6) is 0. The molecule has 122 valence electrons. The molecule has 2 aromatic rings. The van der Waals surface area contributed by atoms with Crippen molar-refractivity contribution in [2.45, 2.75) is 23.9 Å². The smallest absolute Gasteiger partial charge is 0.295 e. The van der Waals surface area contributed by atoms with E-state index >= 15 is 0 Å². The van der Waals surface area contributed by atoms with Gasteiger partial charge in [-0.2, -0.15) is 8.42 Å². The second kappa shape index (κ2) is 6.67. The summed E-state index contributed by atoms with van der Waals surface area (Å²) in [6, 6.07) is 16.4. The summed E-state index contributed by atoms with van der Waals surface area (Å²) < 4.78 is 35.4. The SMILES string of the molecule is NC1CCCN1P(c1ccccc1)c1ccccc1S(=O)(=O)O. The monoisotopic (exact) mass is 350 g/mol. The van der Waals surface area contributed by atoms with Crippen LogP contribution in [0.3, 0.4) is 0 Å². The maximum absolute atomic E-state index is 11.8. The van der Waals surface area contributed by atoms with Gasteiger partial charge in [-0.1, -0.05) is 48.5 Å². The molecule has 2 unspecified atom stereocenters. The Morgan fingerprint density at radius 1 is 1.09 bits per heavy atom. The zero-order valence-corrected chi connectivity index (χ0v) is 14.2. The van der Waals surface area contributed by atoms with Gasteiger partial charge in [0.15, 0.2) is 0 Å². The molecule has 1 aliphatic heterocycles. The zero-order chi connectivity index (χ0) is 16.4. The minimum atomic E-state index is -4.28. The fraction of sp³-hybridized carbons (Fsp3) is 0.250. The van der Waals surface area contributed by atoms with Crippen molar-refractivity contribution in [1.29, 1.82) is 0 Å². The third kappa shape index (κ3) is 3.47. The average Bonchev–Trinajstić information content (AvgIpc) is 2.94. The standard InChI is InChI=1S/C16H19N2O3PS/c17-16-11-6-12-18(16)22(13-7-2-1-3-8-13)14-9-4-5-10-15(14)23(19,20)21/h1-5,7-10,16H,6,11-12,17H2,(H,19,20,21). The Morgan fingerprint density at radius 3 is 2.35 bits per heavy atom. The first-order valence-corrected chi connectivity index (χ1v) is 10.2. The molecule has 1 fully saturated rings. The summed E-state index contributed by atoms with van der Waals surface area (Å²) in [7, 11) is -5.39. The van der Waals surface area contributed by atoms with Crippen molar-refractivity contribution >= 4 is 28.8 Å². The third-order valence-electron chi connectivity index (χ3n) is 3.90. The van der Waals surface area contributed by atoms with Crippen molar-refractivity contribution in [3.8, 4) is 0 Å². The lowest BCUT2D eigenvalue weighted by molar-refractivity contribution is 0.439. The summed E-state index contributed by atoms with van der Waals surface area (Å²) in [6.45, 7) is 0.821. The van der Waals surface area contributed by atoms with Gasteiger partial charge < -0.3 is 5.73 Å². The van der Waals surface area contributed by atoms with Crippen molar-refractivity contribution < 1.29 is 13.0 Å². The maximum atomic E-state index is 11.8. The first kappa shape index (κ1) is 16.6. The number of benzene rings is 2. The number of rotatable bonds is 4. The zero-order valence-electron chi connectivity index (χ0n) is 12.5. The fourth-order valence-corrected chi connectivity index (χ4v) is 6.63. The molecule has 0 saturated carbocycles. The van der Waals surface area contributed by atoms with Crippen molar-refractivity contribution in [3.63, 3.8) is 0 Å². The molecule has 0 radical (unpaired) electrons. The second-order valence-corrected chi connectivity index (χ2v) is 8.99. The van der Waals surface area contributed by atoms with Crippen LogP contribution in [0.25, 0.3) is 0 Å². The normalized spacial score (nSPS) is 20.5. The van der Waals surface area contributed by atoms with Crippen molar-refractivity contribution in [3.05, 3.63) is 54.6 Å². The molecule has 7 heteroatoms. The van der Waals surface area contributed by atoms with E-state index in [0.29, 0.717) is 5.30 Å². The van der Waals surface area contributed by atoms with Gasteiger partial charge in [-0.05, 0) is 24.2 Å². The highest BCUT2D eigenvalue weighted by Crippen LogP contribution is 2.43. The number of nitrogens with zero attached hydrogens (tertiary/aromatic N) is 1. The quantitative estimate of drug-likeness (QED) is 0.647. The molecule has 2 atom stereocenters. The van der Waals surface area contributed by atoms with Crippen LogP contribution in [0.2, 0.25) is 0 Å². The van der Waals surface area contributed by atoms with E-state index in [1.54, 1.807) is 18.2 Å². The molecule has 0 spiro atoms. The van der Waals surface area contributed by atoms with E-state index in [1.807, 2.05) is 30.3 Å². The van der Waals surface area contributed by atoms with Gasteiger partial charge in [-0.15, -0.1) is 0 Å². The van der Waals surface area contributed by atoms with Crippen LogP contribution >= 0.6 is 8.07 Å². The molecule has 0 bridgehead atoms. The van der Waals surface area contributed by atoms with Gasteiger partial charge in [0.1, 0.15) is 4.90 Å². The molecule has 0 aliphatic carbocycles. The van der Waals surface area contributed by atoms with Crippen molar-refractivity contribution in [1.82, 2.24) is 4.67 Å². The molecule has 1 heterocycles. The molecule has 5 nitrogen and oxygen atoms in total. The second-order valence-electron chi connectivity index (χ2n) is 5.46. The Morgan fingerprint density at radius 2 is 1.74 bits per heavy atom. The van der Waals surface area contributed by atoms with Gasteiger partial charge in [0, 0.05) is 19.9 Å². The molecule has 0 amide bonds. The highest BCUT2D eigenvalue weighted by molar-refractivity contribution is 7.87. The predicted molar refractivity (Wildman–Crippen MR) is 92.8 cm³/mol. The summed E-state index contributed by atoms with van der Waals surface area (Å²) in [4.78, 5) is -0.0333. The predicted octanol–water partition coefficient (Wildman–Crippen LogP) is 1.66. The Kier molecular flexibility index (Phi) is 4.80. The molecular weight excluding hydrogens is 331 g/mol. The maximum Gasteiger partial charge on any atom is 0.295 e. The summed E-state index contributed by atoms with van der Waals surface area (Å²) in [5, 5.41) is 1.64. The van der Waals surface area contributed by atoms with Gasteiger partial charge in [-0.25, -0.2) is 0 Å². The van der Waals surface area contributed by atoms with Crippen LogP contribution in [0, 0.1) is 0 Å². The van der Waals surface area contributed by atoms with Crippen molar-refractivity contribution in [2.75, 3.05) is 6.54 Å². The Balaban J connectivity index is 2.17. The Hall–Kier alpha value is -1.30. The number of hydrogen-bond acceptors (Lipinski definition) is 4. The highest BCUT2D eigenvalue weighted by atomic mass is 32.2. The van der Waals surface area contributed by atoms with Crippen LogP contribution in [-0.4, -0.2) is 30.4 Å². The van der Waals surface area contributed by atoms with Crippen LogP contribution in [0.15, 0.2) is 59.5 Å². The minimum Gasteiger partial charge on any atom is -0.315 e.